The first-order valence-electron chi connectivity index (χ1n) is 8.96. The van der Waals surface area contributed by atoms with E-state index in [9.17, 15) is 4.79 Å². The van der Waals surface area contributed by atoms with Crippen LogP contribution in [0.3, 0.4) is 0 Å². The van der Waals surface area contributed by atoms with Crippen LogP contribution in [0.2, 0.25) is 0 Å². The number of fused-ring (bicyclic) bond motifs is 3. The van der Waals surface area contributed by atoms with Crippen molar-refractivity contribution in [2.24, 2.45) is 0 Å². The summed E-state index contributed by atoms with van der Waals surface area (Å²) in [5.41, 5.74) is 3.49. The number of para-hydroxylation sites is 1. The van der Waals surface area contributed by atoms with E-state index in [1.54, 1.807) is 18.4 Å². The minimum atomic E-state index is 0.0390. The summed E-state index contributed by atoms with van der Waals surface area (Å²) in [6.45, 7) is 0. The van der Waals surface area contributed by atoms with Gasteiger partial charge < -0.3 is 8.83 Å². The van der Waals surface area contributed by atoms with E-state index >= 15 is 0 Å². The highest BCUT2D eigenvalue weighted by molar-refractivity contribution is 7.99. The summed E-state index contributed by atoms with van der Waals surface area (Å²) in [5.74, 6) is 1.12. The third-order valence-corrected chi connectivity index (χ3v) is 5.69. The Labute approximate surface area is 159 Å². The van der Waals surface area contributed by atoms with Crippen molar-refractivity contribution < 1.29 is 13.6 Å². The molecule has 27 heavy (non-hydrogen) atoms. The molecule has 0 atom stereocenters. The molecular weight excluding hydrogens is 362 g/mol. The first-order chi connectivity index (χ1) is 13.3. The zero-order chi connectivity index (χ0) is 18.2. The van der Waals surface area contributed by atoms with Crippen LogP contribution in [-0.4, -0.2) is 26.4 Å². The largest absolute Gasteiger partial charge is 0.459 e. The van der Waals surface area contributed by atoms with Gasteiger partial charge in [-0.25, -0.2) is 0 Å². The number of carbonyl (C=O) groups is 1. The van der Waals surface area contributed by atoms with Gasteiger partial charge in [0.25, 0.3) is 11.1 Å². The molecule has 0 saturated carbocycles. The van der Waals surface area contributed by atoms with Crippen molar-refractivity contribution in [3.8, 4) is 11.7 Å². The number of hydrogen-bond donors (Lipinski definition) is 0. The van der Waals surface area contributed by atoms with Crippen LogP contribution in [0.4, 0.5) is 0 Å². The molecular formula is C20H17N3O3S. The van der Waals surface area contributed by atoms with Gasteiger partial charge in [0.2, 0.25) is 5.91 Å². The van der Waals surface area contributed by atoms with Crippen LogP contribution in [0.5, 0.6) is 0 Å². The van der Waals surface area contributed by atoms with E-state index in [0.717, 1.165) is 30.5 Å². The van der Waals surface area contributed by atoms with Gasteiger partial charge in [-0.1, -0.05) is 30.0 Å². The second kappa shape index (κ2) is 6.74. The lowest BCUT2D eigenvalue weighted by Crippen LogP contribution is -2.18. The molecule has 1 aliphatic carbocycles. The number of benzene rings is 1. The van der Waals surface area contributed by atoms with Crippen LogP contribution in [-0.2, 0) is 12.8 Å². The fourth-order valence-corrected chi connectivity index (χ4v) is 4.35. The maximum Gasteiger partial charge on any atom is 0.284 e. The van der Waals surface area contributed by atoms with Crippen molar-refractivity contribution in [1.82, 2.24) is 14.8 Å². The normalized spacial score (nSPS) is 13.8. The summed E-state index contributed by atoms with van der Waals surface area (Å²) in [6, 6.07) is 11.7. The standard InChI is InChI=1S/C20H17N3O3S/c24-18(12-27-20-22-21-19(26-20)17-10-5-11-25-17)23-15-8-3-1-6-13(15)14-7-2-4-9-16(14)23/h1,3,5-6,8,10-11H,2,4,7,9,12H2. The lowest BCUT2D eigenvalue weighted by Gasteiger charge is -2.14. The van der Waals surface area contributed by atoms with E-state index in [4.69, 9.17) is 8.83 Å². The molecule has 3 aromatic heterocycles. The Morgan fingerprint density at radius 1 is 1.11 bits per heavy atom. The molecule has 3 heterocycles. The first kappa shape index (κ1) is 16.4. The van der Waals surface area contributed by atoms with Gasteiger partial charge >= 0.3 is 0 Å². The van der Waals surface area contributed by atoms with Crippen molar-refractivity contribution >= 4 is 28.6 Å². The quantitative estimate of drug-likeness (QED) is 0.483. The monoisotopic (exact) mass is 379 g/mol. The highest BCUT2D eigenvalue weighted by atomic mass is 32.2. The number of carbonyl (C=O) groups excluding carboxylic acids is 1. The third-order valence-electron chi connectivity index (χ3n) is 4.89. The molecule has 0 saturated heterocycles. The van der Waals surface area contributed by atoms with Crippen molar-refractivity contribution in [2.45, 2.75) is 30.9 Å². The number of thioether (sulfide) groups is 1. The van der Waals surface area contributed by atoms with Gasteiger partial charge in [0.05, 0.1) is 17.5 Å². The van der Waals surface area contributed by atoms with E-state index in [1.165, 1.54) is 29.1 Å². The molecule has 7 heteroatoms. The molecule has 0 spiro atoms. The number of hydrogen-bond acceptors (Lipinski definition) is 6. The van der Waals surface area contributed by atoms with Crippen LogP contribution >= 0.6 is 11.8 Å². The van der Waals surface area contributed by atoms with Crippen molar-refractivity contribution in [2.75, 3.05) is 5.75 Å². The summed E-state index contributed by atoms with van der Waals surface area (Å²) >= 11 is 1.25. The van der Waals surface area contributed by atoms with Crippen LogP contribution in [0, 0.1) is 0 Å². The second-order valence-corrected chi connectivity index (χ2v) is 7.44. The number of aryl methyl sites for hydroxylation is 1. The van der Waals surface area contributed by atoms with Gasteiger partial charge in [0, 0.05) is 11.1 Å². The number of furan rings is 1. The van der Waals surface area contributed by atoms with E-state index in [2.05, 4.69) is 16.3 Å². The molecule has 6 nitrogen and oxygen atoms in total. The van der Waals surface area contributed by atoms with Crippen molar-refractivity contribution in [3.63, 3.8) is 0 Å². The van der Waals surface area contributed by atoms with Gasteiger partial charge in [-0.2, -0.15) is 0 Å². The topological polar surface area (TPSA) is 74.1 Å². The highest BCUT2D eigenvalue weighted by Crippen LogP contribution is 2.32. The predicted molar refractivity (Wildman–Crippen MR) is 102 cm³/mol. The third kappa shape index (κ3) is 2.88. The van der Waals surface area contributed by atoms with E-state index < -0.39 is 0 Å². The molecule has 0 fully saturated rings. The average Bonchev–Trinajstić information content (AvgIpc) is 3.44. The first-order valence-corrected chi connectivity index (χ1v) is 9.94. The number of rotatable bonds is 4. The minimum Gasteiger partial charge on any atom is -0.459 e. The molecule has 0 amide bonds. The van der Waals surface area contributed by atoms with Crippen LogP contribution < -0.4 is 0 Å². The molecule has 0 N–H and O–H groups in total. The summed E-state index contributed by atoms with van der Waals surface area (Å²) in [5, 5.41) is 9.53. The fraction of sp³-hybridized carbons (Fsp3) is 0.250. The number of nitrogens with zero attached hydrogens (tertiary/aromatic N) is 3. The Bertz CT molecular complexity index is 1110. The molecule has 0 radical (unpaired) electrons. The Morgan fingerprint density at radius 3 is 2.89 bits per heavy atom. The van der Waals surface area contributed by atoms with Crippen LogP contribution in [0.15, 0.2) is 56.7 Å². The molecule has 1 aromatic carbocycles. The zero-order valence-electron chi connectivity index (χ0n) is 14.6. The molecule has 0 aliphatic heterocycles. The van der Waals surface area contributed by atoms with Crippen molar-refractivity contribution in [1.29, 1.82) is 0 Å². The summed E-state index contributed by atoms with van der Waals surface area (Å²) in [4.78, 5) is 13.0. The Morgan fingerprint density at radius 2 is 2.00 bits per heavy atom. The molecule has 0 unspecified atom stereocenters. The van der Waals surface area contributed by atoms with Gasteiger partial charge in [-0.05, 0) is 49.4 Å². The van der Waals surface area contributed by atoms with Gasteiger partial charge in [-0.3, -0.25) is 9.36 Å². The van der Waals surface area contributed by atoms with E-state index in [0.29, 0.717) is 16.9 Å². The van der Waals surface area contributed by atoms with Gasteiger partial charge in [0.15, 0.2) is 5.76 Å². The molecule has 136 valence electrons. The Hall–Kier alpha value is -2.80. The molecule has 1 aliphatic rings. The Balaban J connectivity index is 1.40. The SMILES string of the molecule is O=C(CSc1nnc(-c2ccco2)o1)n1c2c(c3ccccc31)CCCC2. The summed E-state index contributed by atoms with van der Waals surface area (Å²) in [7, 11) is 0. The summed E-state index contributed by atoms with van der Waals surface area (Å²) < 4.78 is 12.7. The van der Waals surface area contributed by atoms with Crippen LogP contribution in [0.1, 0.15) is 28.9 Å². The zero-order valence-corrected chi connectivity index (χ0v) is 15.4. The van der Waals surface area contributed by atoms with Gasteiger partial charge in [-0.15, -0.1) is 10.2 Å². The lowest BCUT2D eigenvalue weighted by molar-refractivity contribution is 0.0943. The van der Waals surface area contributed by atoms with E-state index in [-0.39, 0.29) is 11.7 Å². The minimum absolute atomic E-state index is 0.0390. The molecule has 5 rings (SSSR count). The predicted octanol–water partition coefficient (Wildman–Crippen LogP) is 4.60. The Kier molecular flexibility index (Phi) is 4.09. The second-order valence-electron chi connectivity index (χ2n) is 6.52. The maximum absolute atomic E-state index is 13.0. The molecule has 0 bridgehead atoms. The number of aromatic nitrogens is 3. The van der Waals surface area contributed by atoms with Crippen LogP contribution in [0.25, 0.3) is 22.6 Å². The highest BCUT2D eigenvalue weighted by Gasteiger charge is 2.23. The summed E-state index contributed by atoms with van der Waals surface area (Å²) in [6.07, 6.45) is 5.85. The maximum atomic E-state index is 13.0. The molecule has 4 aromatic rings. The van der Waals surface area contributed by atoms with Crippen molar-refractivity contribution in [3.05, 3.63) is 53.9 Å². The smallest absolute Gasteiger partial charge is 0.284 e. The van der Waals surface area contributed by atoms with E-state index in [1.807, 2.05) is 22.8 Å². The van der Waals surface area contributed by atoms with Gasteiger partial charge in [0.1, 0.15) is 0 Å². The average molecular weight is 379 g/mol. The fourth-order valence-electron chi connectivity index (χ4n) is 3.74. The lowest BCUT2D eigenvalue weighted by atomic mass is 9.96.